The molecule has 1 aromatic carbocycles. The van der Waals surface area contributed by atoms with Crippen molar-refractivity contribution in [2.75, 3.05) is 20.1 Å². The van der Waals surface area contributed by atoms with Crippen LogP contribution < -0.4 is 5.32 Å². The lowest BCUT2D eigenvalue weighted by atomic mass is 9.85. The summed E-state index contributed by atoms with van der Waals surface area (Å²) in [4.78, 5) is 27.3. The number of amides is 2. The summed E-state index contributed by atoms with van der Waals surface area (Å²) in [6, 6.07) is 6.56. The van der Waals surface area contributed by atoms with Crippen LogP contribution in [0.5, 0.6) is 0 Å². The van der Waals surface area contributed by atoms with E-state index in [1.54, 1.807) is 24.1 Å². The van der Waals surface area contributed by atoms with Crippen LogP contribution in [-0.2, 0) is 11.2 Å². The Labute approximate surface area is 166 Å². The van der Waals surface area contributed by atoms with E-state index in [1.165, 1.54) is 12.1 Å². The van der Waals surface area contributed by atoms with Crippen molar-refractivity contribution in [1.82, 2.24) is 15.1 Å². The van der Waals surface area contributed by atoms with Crippen molar-refractivity contribution in [2.45, 2.75) is 58.2 Å². The van der Waals surface area contributed by atoms with Crippen LogP contribution in [0.25, 0.3) is 0 Å². The van der Waals surface area contributed by atoms with Gasteiger partial charge in [-0.1, -0.05) is 32.9 Å². The zero-order valence-electron chi connectivity index (χ0n) is 17.2. The SMILES string of the molecule is CCN(CC(=O)O)C1CC(NC(=O)N(C)C(Cc2ccc(F)cc2)C(C)C)C1. The number of rotatable bonds is 9. The van der Waals surface area contributed by atoms with E-state index in [-0.39, 0.29) is 42.4 Å². The second-order valence-electron chi connectivity index (χ2n) is 7.98. The summed E-state index contributed by atoms with van der Waals surface area (Å²) in [6.45, 7) is 6.81. The largest absolute Gasteiger partial charge is 0.480 e. The number of benzene rings is 1. The Morgan fingerprint density at radius 2 is 1.86 bits per heavy atom. The predicted molar refractivity (Wildman–Crippen MR) is 107 cm³/mol. The summed E-state index contributed by atoms with van der Waals surface area (Å²) in [6.07, 6.45) is 2.20. The maximum atomic E-state index is 13.1. The summed E-state index contributed by atoms with van der Waals surface area (Å²) >= 11 is 0. The molecule has 0 radical (unpaired) electrons. The average molecular weight is 394 g/mol. The molecule has 0 aromatic heterocycles. The molecule has 156 valence electrons. The van der Waals surface area contributed by atoms with Gasteiger partial charge in [-0.2, -0.15) is 0 Å². The molecule has 0 bridgehead atoms. The van der Waals surface area contributed by atoms with Gasteiger partial charge in [-0.05, 0) is 49.4 Å². The van der Waals surface area contributed by atoms with Gasteiger partial charge >= 0.3 is 12.0 Å². The molecular formula is C21H32FN3O3. The Hall–Kier alpha value is -2.15. The van der Waals surface area contributed by atoms with Crippen LogP contribution in [-0.4, -0.2) is 65.2 Å². The van der Waals surface area contributed by atoms with Gasteiger partial charge in [0.1, 0.15) is 5.82 Å². The quantitative estimate of drug-likeness (QED) is 0.677. The number of carboxylic acid groups (broad SMARTS) is 1. The van der Waals surface area contributed by atoms with Gasteiger partial charge in [0.05, 0.1) is 6.54 Å². The van der Waals surface area contributed by atoms with Gasteiger partial charge in [-0.15, -0.1) is 0 Å². The Kier molecular flexibility index (Phi) is 7.80. The molecule has 1 aliphatic carbocycles. The Balaban J connectivity index is 1.88. The molecule has 1 fully saturated rings. The van der Waals surface area contributed by atoms with Gasteiger partial charge in [0.15, 0.2) is 0 Å². The molecule has 0 spiro atoms. The first-order chi connectivity index (χ1) is 13.2. The number of nitrogens with zero attached hydrogens (tertiary/aromatic N) is 2. The van der Waals surface area contributed by atoms with Crippen molar-refractivity contribution in [3.63, 3.8) is 0 Å². The van der Waals surface area contributed by atoms with Crippen molar-refractivity contribution >= 4 is 12.0 Å². The summed E-state index contributed by atoms with van der Waals surface area (Å²) in [5.41, 5.74) is 0.996. The zero-order valence-corrected chi connectivity index (χ0v) is 17.2. The van der Waals surface area contributed by atoms with Crippen LogP contribution in [0.15, 0.2) is 24.3 Å². The molecule has 28 heavy (non-hydrogen) atoms. The third-order valence-corrected chi connectivity index (χ3v) is 5.65. The average Bonchev–Trinajstić information content (AvgIpc) is 2.61. The first kappa shape index (κ1) is 22.1. The topological polar surface area (TPSA) is 72.9 Å². The minimum absolute atomic E-state index is 0.000449. The summed E-state index contributed by atoms with van der Waals surface area (Å²) in [5.74, 6) is -0.838. The van der Waals surface area contributed by atoms with Crippen LogP contribution in [0.3, 0.4) is 0 Å². The molecule has 1 saturated carbocycles. The van der Waals surface area contributed by atoms with Crippen molar-refractivity contribution in [2.24, 2.45) is 5.92 Å². The van der Waals surface area contributed by atoms with Crippen molar-refractivity contribution in [1.29, 1.82) is 0 Å². The van der Waals surface area contributed by atoms with Gasteiger partial charge in [0, 0.05) is 25.2 Å². The molecule has 0 aliphatic heterocycles. The van der Waals surface area contributed by atoms with E-state index in [9.17, 15) is 14.0 Å². The molecule has 6 nitrogen and oxygen atoms in total. The number of carbonyl (C=O) groups excluding carboxylic acids is 1. The summed E-state index contributed by atoms with van der Waals surface area (Å²) < 4.78 is 13.1. The van der Waals surface area contributed by atoms with Crippen LogP contribution in [0.4, 0.5) is 9.18 Å². The van der Waals surface area contributed by atoms with Gasteiger partial charge in [-0.25, -0.2) is 9.18 Å². The second-order valence-corrected chi connectivity index (χ2v) is 7.98. The molecule has 1 aromatic rings. The number of hydrogen-bond acceptors (Lipinski definition) is 3. The van der Waals surface area contributed by atoms with Crippen LogP contribution in [0.2, 0.25) is 0 Å². The summed E-state index contributed by atoms with van der Waals surface area (Å²) in [7, 11) is 1.79. The minimum Gasteiger partial charge on any atom is -0.480 e. The number of nitrogens with one attached hydrogen (secondary N) is 1. The molecule has 1 aliphatic rings. The fraction of sp³-hybridized carbons (Fsp3) is 0.619. The fourth-order valence-corrected chi connectivity index (χ4v) is 3.79. The maximum Gasteiger partial charge on any atom is 0.317 e. The van der Waals surface area contributed by atoms with E-state index >= 15 is 0 Å². The van der Waals surface area contributed by atoms with Gasteiger partial charge in [0.2, 0.25) is 0 Å². The third-order valence-electron chi connectivity index (χ3n) is 5.65. The second kappa shape index (κ2) is 9.87. The highest BCUT2D eigenvalue weighted by Gasteiger charge is 2.36. The highest BCUT2D eigenvalue weighted by Crippen LogP contribution is 2.26. The molecule has 7 heteroatoms. The maximum absolute atomic E-state index is 13.1. The van der Waals surface area contributed by atoms with E-state index in [0.717, 1.165) is 18.4 Å². The van der Waals surface area contributed by atoms with Crippen molar-refractivity contribution in [3.8, 4) is 0 Å². The first-order valence-corrected chi connectivity index (χ1v) is 9.94. The molecule has 0 saturated heterocycles. The molecule has 1 unspecified atom stereocenters. The van der Waals surface area contributed by atoms with Gasteiger partial charge in [0.25, 0.3) is 0 Å². The normalized spacial score (nSPS) is 20.0. The molecule has 2 N–H and O–H groups in total. The number of carbonyl (C=O) groups is 2. The number of likely N-dealkylation sites (N-methyl/N-ethyl adjacent to an activating group) is 2. The molecule has 0 heterocycles. The molecule has 1 atom stereocenters. The van der Waals surface area contributed by atoms with Crippen molar-refractivity contribution in [3.05, 3.63) is 35.6 Å². The fourth-order valence-electron chi connectivity index (χ4n) is 3.79. The van der Waals surface area contributed by atoms with E-state index in [1.807, 2.05) is 11.8 Å². The first-order valence-electron chi connectivity index (χ1n) is 9.94. The highest BCUT2D eigenvalue weighted by molar-refractivity contribution is 5.75. The van der Waals surface area contributed by atoms with Crippen LogP contribution in [0.1, 0.15) is 39.2 Å². The smallest absolute Gasteiger partial charge is 0.317 e. The standard InChI is InChI=1S/C21H32FN3O3/c1-5-25(13-20(26)27)18-11-17(12-18)23-21(28)24(4)19(14(2)3)10-15-6-8-16(22)9-7-15/h6-9,14,17-19H,5,10-13H2,1-4H3,(H,23,28)(H,26,27). The summed E-state index contributed by atoms with van der Waals surface area (Å²) in [5, 5.41) is 12.0. The van der Waals surface area contributed by atoms with Crippen LogP contribution >= 0.6 is 0 Å². The minimum atomic E-state index is -0.824. The van der Waals surface area contributed by atoms with E-state index in [2.05, 4.69) is 19.2 Å². The third kappa shape index (κ3) is 5.92. The number of hydrogen-bond donors (Lipinski definition) is 2. The van der Waals surface area contributed by atoms with Gasteiger partial charge in [-0.3, -0.25) is 9.69 Å². The number of carboxylic acids is 1. The molecule has 2 rings (SSSR count). The monoisotopic (exact) mass is 393 g/mol. The lowest BCUT2D eigenvalue weighted by molar-refractivity contribution is -0.139. The zero-order chi connectivity index (χ0) is 20.8. The van der Waals surface area contributed by atoms with Crippen LogP contribution in [0, 0.1) is 11.7 Å². The Morgan fingerprint density at radius 3 is 2.36 bits per heavy atom. The van der Waals surface area contributed by atoms with E-state index in [4.69, 9.17) is 5.11 Å². The van der Waals surface area contributed by atoms with E-state index in [0.29, 0.717) is 13.0 Å². The molecular weight excluding hydrogens is 361 g/mol. The lowest BCUT2D eigenvalue weighted by Crippen LogP contribution is -2.57. The Morgan fingerprint density at radius 1 is 1.25 bits per heavy atom. The Bertz CT molecular complexity index is 659. The lowest BCUT2D eigenvalue weighted by Gasteiger charge is -2.43. The number of aliphatic carboxylic acids is 1. The molecule has 2 amide bonds. The number of urea groups is 1. The van der Waals surface area contributed by atoms with Crippen molar-refractivity contribution < 1.29 is 19.1 Å². The van der Waals surface area contributed by atoms with Gasteiger partial charge < -0.3 is 15.3 Å². The highest BCUT2D eigenvalue weighted by atomic mass is 19.1. The number of halogens is 1. The van der Waals surface area contributed by atoms with E-state index < -0.39 is 5.97 Å². The predicted octanol–water partition coefficient (Wildman–Crippen LogP) is 2.97.